The van der Waals surface area contributed by atoms with Crippen LogP contribution in [0.5, 0.6) is 0 Å². The van der Waals surface area contributed by atoms with Crippen LogP contribution in [0, 0.1) is 0 Å². The lowest BCUT2D eigenvalue weighted by atomic mass is 10.0. The highest BCUT2D eigenvalue weighted by molar-refractivity contribution is 6.15. The molecule has 2 aromatic heterocycles. The Balaban J connectivity index is 1.38. The van der Waals surface area contributed by atoms with Gasteiger partial charge in [-0.1, -0.05) is 109 Å². The van der Waals surface area contributed by atoms with E-state index in [-0.39, 0.29) is 0 Å². The molecule has 0 amide bonds. The zero-order chi connectivity index (χ0) is 27.9. The Morgan fingerprint density at radius 2 is 1.00 bits per heavy atom. The van der Waals surface area contributed by atoms with Crippen molar-refractivity contribution in [3.8, 4) is 22.3 Å². The van der Waals surface area contributed by atoms with Crippen molar-refractivity contribution in [3.05, 3.63) is 158 Å². The molecule has 0 aliphatic heterocycles. The lowest BCUT2D eigenvalue weighted by Gasteiger charge is -2.27. The van der Waals surface area contributed by atoms with Crippen LogP contribution in [0.3, 0.4) is 0 Å². The number of benzene rings is 6. The normalized spacial score (nSPS) is 11.3. The molecule has 6 aromatic carbocycles. The number of pyridine rings is 1. The molecule has 0 aliphatic rings. The van der Waals surface area contributed by atoms with Crippen LogP contribution in [-0.2, 0) is 0 Å². The molecule has 0 saturated heterocycles. The molecule has 3 heteroatoms. The molecule has 8 aromatic rings. The molecule has 0 fully saturated rings. The minimum Gasteiger partial charge on any atom is -0.454 e. The first-order valence-electron chi connectivity index (χ1n) is 14.1. The number of hydrogen-bond donors (Lipinski definition) is 0. The summed E-state index contributed by atoms with van der Waals surface area (Å²) in [6.45, 7) is 0. The van der Waals surface area contributed by atoms with Gasteiger partial charge in [0.05, 0.1) is 5.69 Å². The van der Waals surface area contributed by atoms with E-state index in [1.165, 1.54) is 11.1 Å². The van der Waals surface area contributed by atoms with E-state index in [4.69, 9.17) is 9.40 Å². The van der Waals surface area contributed by atoms with Crippen molar-refractivity contribution in [2.75, 3.05) is 4.90 Å². The van der Waals surface area contributed by atoms with Crippen LogP contribution in [0.4, 0.5) is 17.1 Å². The number of nitrogens with zero attached hydrogens (tertiary/aromatic N) is 2. The molecule has 0 unspecified atom stereocenters. The number of fused-ring (bicyclic) bond motifs is 5. The molecule has 0 saturated carbocycles. The fourth-order valence-electron chi connectivity index (χ4n) is 5.89. The van der Waals surface area contributed by atoms with Gasteiger partial charge in [0.2, 0.25) is 0 Å². The topological polar surface area (TPSA) is 29.3 Å². The molecule has 0 N–H and O–H groups in total. The number of anilines is 3. The average molecular weight is 539 g/mol. The van der Waals surface area contributed by atoms with Gasteiger partial charge < -0.3 is 9.32 Å². The summed E-state index contributed by atoms with van der Waals surface area (Å²) in [4.78, 5) is 7.27. The number of furan rings is 1. The van der Waals surface area contributed by atoms with Gasteiger partial charge in [-0.2, -0.15) is 0 Å². The van der Waals surface area contributed by atoms with E-state index in [1.807, 2.05) is 24.4 Å². The van der Waals surface area contributed by atoms with E-state index in [9.17, 15) is 0 Å². The van der Waals surface area contributed by atoms with Crippen LogP contribution in [-0.4, -0.2) is 4.98 Å². The fraction of sp³-hybridized carbons (Fsp3) is 0. The molecule has 198 valence electrons. The summed E-state index contributed by atoms with van der Waals surface area (Å²) < 4.78 is 6.38. The summed E-state index contributed by atoms with van der Waals surface area (Å²) >= 11 is 0. The van der Waals surface area contributed by atoms with Gasteiger partial charge in [0.25, 0.3) is 0 Å². The quantitative estimate of drug-likeness (QED) is 0.218. The maximum Gasteiger partial charge on any atom is 0.161 e. The van der Waals surface area contributed by atoms with E-state index >= 15 is 0 Å². The zero-order valence-electron chi connectivity index (χ0n) is 22.8. The molecule has 0 atom stereocenters. The second-order valence-corrected chi connectivity index (χ2v) is 10.4. The molecule has 0 aliphatic carbocycles. The predicted octanol–water partition coefficient (Wildman–Crippen LogP) is 10.9. The van der Waals surface area contributed by atoms with Crippen molar-refractivity contribution in [1.82, 2.24) is 4.98 Å². The maximum atomic E-state index is 6.38. The van der Waals surface area contributed by atoms with E-state index in [0.29, 0.717) is 0 Å². The standard InChI is InChI=1S/C39H26N2O/c1-3-12-27(13-4-1)29-16-9-18-31(24-29)41(32-19-10-17-30(25-32)28-14-5-2-6-15-28)36-22-11-21-33-35(36)26-40-38-34-20-7-8-23-37(34)42-39(33)38/h1-26H. The van der Waals surface area contributed by atoms with Crippen molar-refractivity contribution in [2.45, 2.75) is 0 Å². The van der Waals surface area contributed by atoms with E-state index in [2.05, 4.69) is 138 Å². The lowest BCUT2D eigenvalue weighted by Crippen LogP contribution is -2.11. The van der Waals surface area contributed by atoms with Gasteiger partial charge in [-0.05, 0) is 64.7 Å². The van der Waals surface area contributed by atoms with Crippen molar-refractivity contribution in [2.24, 2.45) is 0 Å². The molecule has 0 radical (unpaired) electrons. The number of aromatic nitrogens is 1. The summed E-state index contributed by atoms with van der Waals surface area (Å²) in [5.74, 6) is 0. The van der Waals surface area contributed by atoms with Crippen molar-refractivity contribution in [3.63, 3.8) is 0 Å². The third kappa shape index (κ3) is 4.11. The van der Waals surface area contributed by atoms with E-state index in [0.717, 1.165) is 61.0 Å². The van der Waals surface area contributed by atoms with E-state index < -0.39 is 0 Å². The number of rotatable bonds is 5. The molecule has 2 heterocycles. The van der Waals surface area contributed by atoms with Gasteiger partial charge in [-0.3, -0.25) is 4.98 Å². The van der Waals surface area contributed by atoms with Crippen LogP contribution in [0.25, 0.3) is 55.1 Å². The molecular formula is C39H26N2O. The number of para-hydroxylation sites is 1. The van der Waals surface area contributed by atoms with Crippen molar-refractivity contribution < 1.29 is 4.42 Å². The Kier molecular flexibility index (Phi) is 5.79. The van der Waals surface area contributed by atoms with Gasteiger partial charge >= 0.3 is 0 Å². The third-order valence-corrected chi connectivity index (χ3v) is 7.88. The van der Waals surface area contributed by atoms with Gasteiger partial charge in [0.1, 0.15) is 11.1 Å². The summed E-state index contributed by atoms with van der Waals surface area (Å²) in [5, 5.41) is 3.10. The second-order valence-electron chi connectivity index (χ2n) is 10.4. The fourth-order valence-corrected chi connectivity index (χ4v) is 5.89. The van der Waals surface area contributed by atoms with Crippen LogP contribution >= 0.6 is 0 Å². The third-order valence-electron chi connectivity index (χ3n) is 7.88. The maximum absolute atomic E-state index is 6.38. The van der Waals surface area contributed by atoms with Crippen molar-refractivity contribution in [1.29, 1.82) is 0 Å². The van der Waals surface area contributed by atoms with Gasteiger partial charge in [0.15, 0.2) is 5.58 Å². The summed E-state index contributed by atoms with van der Waals surface area (Å²) in [7, 11) is 0. The Bertz CT molecular complexity index is 2120. The Hall–Kier alpha value is -5.67. The van der Waals surface area contributed by atoms with Crippen LogP contribution in [0.1, 0.15) is 0 Å². The van der Waals surface area contributed by atoms with Gasteiger partial charge in [-0.25, -0.2) is 0 Å². The van der Waals surface area contributed by atoms with E-state index in [1.54, 1.807) is 0 Å². The van der Waals surface area contributed by atoms with Gasteiger partial charge in [-0.15, -0.1) is 0 Å². The highest BCUT2D eigenvalue weighted by Crippen LogP contribution is 2.43. The zero-order valence-corrected chi connectivity index (χ0v) is 22.8. The van der Waals surface area contributed by atoms with Gasteiger partial charge in [0, 0.05) is 33.7 Å². The molecule has 8 rings (SSSR count). The highest BCUT2D eigenvalue weighted by Gasteiger charge is 2.19. The minimum atomic E-state index is 0.812. The molecule has 3 nitrogen and oxygen atoms in total. The molecule has 42 heavy (non-hydrogen) atoms. The predicted molar refractivity (Wildman–Crippen MR) is 175 cm³/mol. The molecule has 0 bridgehead atoms. The summed E-state index contributed by atoms with van der Waals surface area (Å²) in [5.41, 5.74) is 10.4. The minimum absolute atomic E-state index is 0.812. The van der Waals surface area contributed by atoms with Crippen LogP contribution in [0.2, 0.25) is 0 Å². The summed E-state index contributed by atoms with van der Waals surface area (Å²) in [6.07, 6.45) is 1.99. The second kappa shape index (κ2) is 10.1. The Morgan fingerprint density at radius 1 is 0.452 bits per heavy atom. The smallest absolute Gasteiger partial charge is 0.161 e. The van der Waals surface area contributed by atoms with Crippen molar-refractivity contribution >= 4 is 49.9 Å². The Morgan fingerprint density at radius 3 is 1.67 bits per heavy atom. The first kappa shape index (κ1) is 24.2. The highest BCUT2D eigenvalue weighted by atomic mass is 16.3. The monoisotopic (exact) mass is 538 g/mol. The molecular weight excluding hydrogens is 512 g/mol. The SMILES string of the molecule is c1ccc(-c2cccc(N(c3cccc(-c4ccccc4)c3)c3cccc4c3cnc3c5ccccc5oc43)c2)cc1. The lowest BCUT2D eigenvalue weighted by molar-refractivity contribution is 0.672. The summed E-state index contributed by atoms with van der Waals surface area (Å²) in [6, 6.07) is 53.0. The largest absolute Gasteiger partial charge is 0.454 e. The first-order valence-corrected chi connectivity index (χ1v) is 14.1. The average Bonchev–Trinajstić information content (AvgIpc) is 3.46. The molecule has 0 spiro atoms. The van der Waals surface area contributed by atoms with Crippen LogP contribution < -0.4 is 4.90 Å². The first-order chi connectivity index (χ1) is 20.8. The number of hydrogen-bond acceptors (Lipinski definition) is 3. The van der Waals surface area contributed by atoms with Crippen LogP contribution in [0.15, 0.2) is 162 Å². The Labute approximate surface area is 243 Å².